The van der Waals surface area contributed by atoms with E-state index in [1.54, 1.807) is 42.5 Å². The van der Waals surface area contributed by atoms with E-state index >= 15 is 0 Å². The molecule has 0 spiro atoms. The topological polar surface area (TPSA) is 53.4 Å². The van der Waals surface area contributed by atoms with E-state index in [1.807, 2.05) is 30.3 Å². The van der Waals surface area contributed by atoms with Crippen molar-refractivity contribution < 1.29 is 36.2 Å². The number of carbonyl (C=O) groups is 1. The first-order valence-corrected chi connectivity index (χ1v) is 12.2. The summed E-state index contributed by atoms with van der Waals surface area (Å²) in [6, 6.07) is 21.1. The van der Waals surface area contributed by atoms with Gasteiger partial charge in [-0.25, -0.2) is 26.7 Å². The Morgan fingerprint density at radius 3 is 2.10 bits per heavy atom. The summed E-state index contributed by atoms with van der Waals surface area (Å²) in [6.07, 6.45) is 0. The van der Waals surface area contributed by atoms with Crippen molar-refractivity contribution in [2.45, 2.75) is 16.7 Å². The molecule has 0 bridgehead atoms. The number of fused-ring (bicyclic) bond motifs is 1. The Morgan fingerprint density at radius 2 is 1.41 bits per heavy atom. The third-order valence-corrected chi connectivity index (χ3v) is 6.86. The van der Waals surface area contributed by atoms with Crippen molar-refractivity contribution in [1.82, 2.24) is 9.78 Å². The van der Waals surface area contributed by atoms with E-state index in [0.29, 0.717) is 11.4 Å². The molecule has 39 heavy (non-hydrogen) atoms. The molecule has 198 valence electrons. The summed E-state index contributed by atoms with van der Waals surface area (Å²) in [5, 5.41) is 6.14. The lowest BCUT2D eigenvalue weighted by Gasteiger charge is -2.12. The summed E-state index contributed by atoms with van der Waals surface area (Å²) in [6.45, 7) is 0.903. The number of hydrogen-bond acceptors (Lipinski definition) is 5. The quantitative estimate of drug-likeness (QED) is 0.0921. The predicted octanol–water partition coefficient (Wildman–Crippen LogP) is 7.17. The van der Waals surface area contributed by atoms with E-state index in [9.17, 15) is 26.7 Å². The maximum absolute atomic E-state index is 14.5. The summed E-state index contributed by atoms with van der Waals surface area (Å²) in [7, 11) is 0. The smallest absolute Gasteiger partial charge is 0.350 e. The Morgan fingerprint density at radius 1 is 0.795 bits per heavy atom. The van der Waals surface area contributed by atoms with Crippen molar-refractivity contribution in [3.63, 3.8) is 0 Å². The van der Waals surface area contributed by atoms with Gasteiger partial charge in [0.25, 0.3) is 0 Å². The number of esters is 1. The van der Waals surface area contributed by atoms with Crippen LogP contribution in [0.2, 0.25) is 0 Å². The Bertz CT molecular complexity index is 1680. The highest BCUT2D eigenvalue weighted by atomic mass is 32.2. The zero-order valence-electron chi connectivity index (χ0n) is 20.1. The summed E-state index contributed by atoms with van der Waals surface area (Å²) < 4.78 is 82.5. The van der Waals surface area contributed by atoms with Gasteiger partial charge in [-0.3, -0.25) is 0 Å². The maximum Gasteiger partial charge on any atom is 0.350 e. The second-order valence-electron chi connectivity index (χ2n) is 8.24. The molecule has 0 amide bonds. The normalized spacial score (nSPS) is 11.1. The van der Waals surface area contributed by atoms with Gasteiger partial charge >= 0.3 is 5.97 Å². The number of benzene rings is 4. The molecule has 0 radical (unpaired) electrons. The van der Waals surface area contributed by atoms with Crippen LogP contribution in [0, 0.1) is 36.0 Å². The molecule has 11 heteroatoms. The van der Waals surface area contributed by atoms with Crippen LogP contribution in [0.1, 0.15) is 5.69 Å². The molecule has 0 N–H and O–H groups in total. The molecule has 0 aliphatic rings. The van der Waals surface area contributed by atoms with Gasteiger partial charge in [0.1, 0.15) is 5.75 Å². The van der Waals surface area contributed by atoms with Gasteiger partial charge < -0.3 is 9.47 Å². The number of carbonyl (C=O) groups excluding carboxylic acids is 1. The average Bonchev–Trinajstić information content (AvgIpc) is 3.26. The van der Waals surface area contributed by atoms with Crippen LogP contribution in [0.5, 0.6) is 11.6 Å². The van der Waals surface area contributed by atoms with Gasteiger partial charge in [0.05, 0.1) is 21.2 Å². The van der Waals surface area contributed by atoms with Crippen molar-refractivity contribution in [2.75, 3.05) is 6.61 Å². The minimum atomic E-state index is -2.27. The third kappa shape index (κ3) is 5.17. The van der Waals surface area contributed by atoms with E-state index in [1.165, 1.54) is 11.6 Å². The van der Waals surface area contributed by atoms with E-state index in [4.69, 9.17) is 9.47 Å². The van der Waals surface area contributed by atoms with Gasteiger partial charge in [0, 0.05) is 0 Å². The van der Waals surface area contributed by atoms with E-state index < -0.39 is 46.6 Å². The molecular weight excluding hydrogens is 539 g/mol. The second-order valence-corrected chi connectivity index (χ2v) is 9.26. The summed E-state index contributed by atoms with van der Waals surface area (Å²) in [4.78, 5) is 11.5. The van der Waals surface area contributed by atoms with Crippen molar-refractivity contribution in [3.8, 4) is 17.3 Å². The fourth-order valence-electron chi connectivity index (χ4n) is 3.76. The molecule has 0 saturated heterocycles. The van der Waals surface area contributed by atoms with Crippen LogP contribution in [0.4, 0.5) is 22.0 Å². The highest BCUT2D eigenvalue weighted by molar-refractivity contribution is 7.99. The van der Waals surface area contributed by atoms with E-state index in [-0.39, 0.29) is 28.2 Å². The van der Waals surface area contributed by atoms with Crippen molar-refractivity contribution in [2.24, 2.45) is 0 Å². The Balaban J connectivity index is 1.47. The molecule has 0 aliphatic heterocycles. The minimum absolute atomic E-state index is 0.117. The fraction of sp³-hybridized carbons (Fsp3) is 0.0714. The number of halogens is 5. The van der Waals surface area contributed by atoms with Gasteiger partial charge in [0.15, 0.2) is 29.9 Å². The number of ether oxygens (including phenoxy) is 2. The fourth-order valence-corrected chi connectivity index (χ4v) is 4.72. The molecule has 5 rings (SSSR count). The molecule has 1 heterocycles. The Kier molecular flexibility index (Phi) is 7.25. The van der Waals surface area contributed by atoms with Gasteiger partial charge in [0.2, 0.25) is 11.7 Å². The lowest BCUT2D eigenvalue weighted by atomic mass is 10.1. The number of aryl methyl sites for hydroxylation is 1. The number of hydrogen-bond donors (Lipinski definition) is 0. The summed E-state index contributed by atoms with van der Waals surface area (Å²) in [5.74, 6) is -11.3. The van der Waals surface area contributed by atoms with Crippen LogP contribution in [0.3, 0.4) is 0 Å². The molecule has 0 aliphatic carbocycles. The van der Waals surface area contributed by atoms with Gasteiger partial charge in [-0.05, 0) is 42.0 Å². The lowest BCUT2D eigenvalue weighted by Crippen LogP contribution is -2.19. The SMILES string of the molecule is Cc1nn(-c2ccccc2)c(OC(=O)COc2ccc3ccccc3c2)c1Sc1c(F)c(F)c(F)c(F)c1F. The monoisotopic (exact) mass is 556 g/mol. The van der Waals surface area contributed by atoms with Gasteiger partial charge in [-0.2, -0.15) is 9.78 Å². The number of aromatic nitrogens is 2. The second kappa shape index (κ2) is 10.8. The van der Waals surface area contributed by atoms with Gasteiger partial charge in [-0.1, -0.05) is 60.3 Å². The largest absolute Gasteiger partial charge is 0.482 e. The first-order chi connectivity index (χ1) is 18.7. The molecule has 1 aromatic heterocycles. The van der Waals surface area contributed by atoms with Crippen LogP contribution in [0.15, 0.2) is 82.6 Å². The molecule has 0 unspecified atom stereocenters. The Hall–Kier alpha value is -4.38. The molecule has 5 aromatic rings. The van der Waals surface area contributed by atoms with Crippen LogP contribution in [-0.4, -0.2) is 22.4 Å². The molecule has 0 fully saturated rings. The van der Waals surface area contributed by atoms with Crippen LogP contribution < -0.4 is 9.47 Å². The molecule has 4 aromatic carbocycles. The first kappa shape index (κ1) is 26.2. The standard InChI is InChI=1S/C28H17F5N2O3S/c1-15-26(39-27-24(32)22(30)21(29)23(31)25(27)33)28(35(34-15)18-9-3-2-4-10-18)38-20(36)14-37-19-12-11-16-7-5-6-8-17(16)13-19/h2-13H,14H2,1H3. The zero-order valence-corrected chi connectivity index (χ0v) is 20.9. The molecular formula is C28H17F5N2O3S. The highest BCUT2D eigenvalue weighted by Crippen LogP contribution is 2.42. The maximum atomic E-state index is 14.5. The van der Waals surface area contributed by atoms with E-state index in [0.717, 1.165) is 10.8 Å². The van der Waals surface area contributed by atoms with E-state index in [2.05, 4.69) is 5.10 Å². The average molecular weight is 557 g/mol. The third-order valence-electron chi connectivity index (χ3n) is 5.63. The van der Waals surface area contributed by atoms with Crippen molar-refractivity contribution >= 4 is 28.5 Å². The number of rotatable bonds is 7. The molecule has 0 atom stereocenters. The zero-order chi connectivity index (χ0) is 27.7. The van der Waals surface area contributed by atoms with Crippen LogP contribution >= 0.6 is 11.8 Å². The molecule has 0 saturated carbocycles. The van der Waals surface area contributed by atoms with Crippen LogP contribution in [-0.2, 0) is 4.79 Å². The number of para-hydroxylation sites is 1. The van der Waals surface area contributed by atoms with Crippen LogP contribution in [0.25, 0.3) is 16.5 Å². The summed E-state index contributed by atoms with van der Waals surface area (Å²) >= 11 is 0.206. The van der Waals surface area contributed by atoms with Crippen molar-refractivity contribution in [3.05, 3.63) is 108 Å². The lowest BCUT2D eigenvalue weighted by molar-refractivity contribution is -0.137. The Labute approximate surface area is 222 Å². The van der Waals surface area contributed by atoms with Crippen molar-refractivity contribution in [1.29, 1.82) is 0 Å². The predicted molar refractivity (Wildman–Crippen MR) is 134 cm³/mol. The summed E-state index contributed by atoms with van der Waals surface area (Å²) in [5.41, 5.74) is 0.536. The highest BCUT2D eigenvalue weighted by Gasteiger charge is 2.30. The van der Waals surface area contributed by atoms with Gasteiger partial charge in [-0.15, -0.1) is 0 Å². The minimum Gasteiger partial charge on any atom is -0.482 e. The first-order valence-electron chi connectivity index (χ1n) is 11.4. The number of nitrogens with zero attached hydrogens (tertiary/aromatic N) is 2. The molecule has 5 nitrogen and oxygen atoms in total.